The van der Waals surface area contributed by atoms with Gasteiger partial charge in [0.05, 0.1) is 12.7 Å². The molecular weight excluding hydrogens is 412 g/mol. The fraction of sp³-hybridized carbons (Fsp3) is 0.292. The maximum Gasteiger partial charge on any atom is 0.242 e. The summed E-state index contributed by atoms with van der Waals surface area (Å²) in [6.07, 6.45) is 1.80. The predicted molar refractivity (Wildman–Crippen MR) is 121 cm³/mol. The molecule has 2 aromatic carbocycles. The first-order valence-corrected chi connectivity index (χ1v) is 10.7. The summed E-state index contributed by atoms with van der Waals surface area (Å²) in [4.78, 5) is 28.2. The zero-order valence-corrected chi connectivity index (χ0v) is 18.4. The summed E-state index contributed by atoms with van der Waals surface area (Å²) < 4.78 is 1.74. The minimum atomic E-state index is -1.05. The van der Waals surface area contributed by atoms with Crippen molar-refractivity contribution in [3.8, 4) is 0 Å². The first-order valence-electron chi connectivity index (χ1n) is 10.3. The van der Waals surface area contributed by atoms with Gasteiger partial charge in [0.25, 0.3) is 0 Å². The Labute approximate surface area is 185 Å². The van der Waals surface area contributed by atoms with Crippen molar-refractivity contribution >= 4 is 34.9 Å². The van der Waals surface area contributed by atoms with Gasteiger partial charge in [-0.15, -0.1) is 0 Å². The molecule has 3 aromatic rings. The molecule has 158 valence electrons. The number of amides is 2. The van der Waals surface area contributed by atoms with E-state index in [2.05, 4.69) is 36.4 Å². The quantitative estimate of drug-likeness (QED) is 0.667. The number of hydrogen-bond acceptors (Lipinski definition) is 3. The molecule has 0 fully saturated rings. The standard InChI is InChI=1S/C24H23ClN4O2/c1-14(2)16-6-9-20-18(10-16)24(23(31)28(20)3)11-21(30)27-22-19(24)12-26-29(22)13-15-4-7-17(25)8-5-15/h4-10,12,14H,11,13H2,1-3H3,(H,27,30). The van der Waals surface area contributed by atoms with Crippen LogP contribution < -0.4 is 10.2 Å². The molecule has 0 bridgehead atoms. The Bertz CT molecular complexity index is 1210. The van der Waals surface area contributed by atoms with Gasteiger partial charge in [-0.05, 0) is 40.8 Å². The lowest BCUT2D eigenvalue weighted by molar-refractivity contribution is -0.126. The van der Waals surface area contributed by atoms with E-state index in [0.29, 0.717) is 23.3 Å². The number of rotatable bonds is 3. The minimum absolute atomic E-state index is 0.0738. The van der Waals surface area contributed by atoms with Gasteiger partial charge in [-0.1, -0.05) is 49.7 Å². The molecule has 1 spiro atoms. The number of halogens is 1. The van der Waals surface area contributed by atoms with Gasteiger partial charge in [0.15, 0.2) is 0 Å². The van der Waals surface area contributed by atoms with Gasteiger partial charge < -0.3 is 10.2 Å². The molecule has 1 unspecified atom stereocenters. The van der Waals surface area contributed by atoms with Gasteiger partial charge in [0.1, 0.15) is 11.2 Å². The Hall–Kier alpha value is -3.12. The number of fused-ring (bicyclic) bond motifs is 4. The van der Waals surface area contributed by atoms with Crippen molar-refractivity contribution in [3.63, 3.8) is 0 Å². The molecule has 0 saturated heterocycles. The zero-order chi connectivity index (χ0) is 21.9. The lowest BCUT2D eigenvalue weighted by atomic mass is 9.71. The highest BCUT2D eigenvalue weighted by Crippen LogP contribution is 2.52. The maximum atomic E-state index is 13.6. The van der Waals surface area contributed by atoms with Crippen molar-refractivity contribution in [3.05, 3.63) is 75.9 Å². The molecule has 0 radical (unpaired) electrons. The van der Waals surface area contributed by atoms with Crippen molar-refractivity contribution in [1.29, 1.82) is 0 Å². The topological polar surface area (TPSA) is 67.2 Å². The van der Waals surface area contributed by atoms with Crippen LogP contribution in [0.1, 0.15) is 48.4 Å². The molecule has 0 aliphatic carbocycles. The Morgan fingerprint density at radius 2 is 1.87 bits per heavy atom. The first kappa shape index (κ1) is 19.8. The van der Waals surface area contributed by atoms with Crippen LogP contribution in [0.3, 0.4) is 0 Å². The lowest BCUT2D eigenvalue weighted by Crippen LogP contribution is -2.45. The van der Waals surface area contributed by atoms with Crippen molar-refractivity contribution in [1.82, 2.24) is 9.78 Å². The van der Waals surface area contributed by atoms with E-state index in [1.165, 1.54) is 0 Å². The van der Waals surface area contributed by atoms with Crippen LogP contribution in [0.2, 0.25) is 5.02 Å². The molecule has 1 atom stereocenters. The van der Waals surface area contributed by atoms with Crippen LogP contribution in [0, 0.1) is 0 Å². The van der Waals surface area contributed by atoms with E-state index in [-0.39, 0.29) is 18.2 Å². The lowest BCUT2D eigenvalue weighted by Gasteiger charge is -2.32. The first-order chi connectivity index (χ1) is 14.8. The largest absolute Gasteiger partial charge is 0.314 e. The molecule has 1 N–H and O–H groups in total. The number of anilines is 2. The molecule has 0 saturated carbocycles. The number of likely N-dealkylation sites (N-methyl/N-ethyl adjacent to an activating group) is 1. The van der Waals surface area contributed by atoms with Crippen LogP contribution >= 0.6 is 11.6 Å². The molecular formula is C24H23ClN4O2. The van der Waals surface area contributed by atoms with Crippen LogP contribution in [0.4, 0.5) is 11.5 Å². The van der Waals surface area contributed by atoms with E-state index >= 15 is 0 Å². The Morgan fingerprint density at radius 3 is 2.58 bits per heavy atom. The average molecular weight is 435 g/mol. The third kappa shape index (κ3) is 2.89. The molecule has 7 heteroatoms. The van der Waals surface area contributed by atoms with Gasteiger partial charge in [-0.3, -0.25) is 9.59 Å². The van der Waals surface area contributed by atoms with Crippen LogP contribution in [-0.4, -0.2) is 28.6 Å². The number of carbonyl (C=O) groups is 2. The number of aromatic nitrogens is 2. The normalized spacial score (nSPS) is 19.7. The highest BCUT2D eigenvalue weighted by molar-refractivity contribution is 6.30. The molecule has 31 heavy (non-hydrogen) atoms. The summed E-state index contributed by atoms with van der Waals surface area (Å²) in [6.45, 7) is 4.71. The number of nitrogens with one attached hydrogen (secondary N) is 1. The van der Waals surface area contributed by atoms with E-state index < -0.39 is 5.41 Å². The van der Waals surface area contributed by atoms with Gasteiger partial charge in [-0.2, -0.15) is 5.10 Å². The number of nitrogens with zero attached hydrogens (tertiary/aromatic N) is 3. The summed E-state index contributed by atoms with van der Waals surface area (Å²) in [7, 11) is 1.77. The smallest absolute Gasteiger partial charge is 0.242 e. The summed E-state index contributed by atoms with van der Waals surface area (Å²) >= 11 is 6.00. The molecule has 3 heterocycles. The average Bonchev–Trinajstić information content (AvgIpc) is 3.23. The van der Waals surface area contributed by atoms with E-state index in [1.807, 2.05) is 30.3 Å². The highest BCUT2D eigenvalue weighted by Gasteiger charge is 2.56. The van der Waals surface area contributed by atoms with Gasteiger partial charge in [-0.25, -0.2) is 4.68 Å². The monoisotopic (exact) mass is 434 g/mol. The summed E-state index contributed by atoms with van der Waals surface area (Å²) in [5, 5.41) is 8.18. The highest BCUT2D eigenvalue weighted by atomic mass is 35.5. The SMILES string of the molecule is CC(C)c1ccc2c(c1)C1(CC(=O)Nc3c1cnn3Cc1ccc(Cl)cc1)C(=O)N2C. The molecule has 5 rings (SSSR count). The summed E-state index contributed by atoms with van der Waals surface area (Å²) in [5.41, 5.74) is 3.57. The third-order valence-corrected chi connectivity index (χ3v) is 6.66. The number of carbonyl (C=O) groups excluding carboxylic acids is 2. The molecule has 2 aliphatic heterocycles. The Balaban J connectivity index is 1.67. The number of hydrogen-bond donors (Lipinski definition) is 1. The van der Waals surface area contributed by atoms with Crippen molar-refractivity contribution in [2.24, 2.45) is 0 Å². The van der Waals surface area contributed by atoms with E-state index in [9.17, 15) is 9.59 Å². The fourth-order valence-corrected chi connectivity index (χ4v) is 4.84. The van der Waals surface area contributed by atoms with Crippen molar-refractivity contribution in [2.45, 2.75) is 38.1 Å². The summed E-state index contributed by atoms with van der Waals surface area (Å²) in [6, 6.07) is 13.6. The summed E-state index contributed by atoms with van der Waals surface area (Å²) in [5.74, 6) is 0.615. The van der Waals surface area contributed by atoms with E-state index in [4.69, 9.17) is 11.6 Å². The van der Waals surface area contributed by atoms with Gasteiger partial charge >= 0.3 is 0 Å². The van der Waals surface area contributed by atoms with Crippen LogP contribution in [-0.2, 0) is 21.5 Å². The Kier molecular flexibility index (Phi) is 4.45. The van der Waals surface area contributed by atoms with Crippen LogP contribution in [0.5, 0.6) is 0 Å². The maximum absolute atomic E-state index is 13.6. The third-order valence-electron chi connectivity index (χ3n) is 6.41. The predicted octanol–water partition coefficient (Wildman–Crippen LogP) is 4.31. The van der Waals surface area contributed by atoms with Crippen LogP contribution in [0.15, 0.2) is 48.7 Å². The minimum Gasteiger partial charge on any atom is -0.314 e. The molecule has 6 nitrogen and oxygen atoms in total. The number of benzene rings is 2. The van der Waals surface area contributed by atoms with Crippen molar-refractivity contribution < 1.29 is 9.59 Å². The fourth-order valence-electron chi connectivity index (χ4n) is 4.71. The zero-order valence-electron chi connectivity index (χ0n) is 17.6. The second kappa shape index (κ2) is 6.95. The van der Waals surface area contributed by atoms with Gasteiger partial charge in [0.2, 0.25) is 11.8 Å². The van der Waals surface area contributed by atoms with Crippen LogP contribution in [0.25, 0.3) is 0 Å². The molecule has 2 aliphatic rings. The second-order valence-electron chi connectivity index (χ2n) is 8.62. The van der Waals surface area contributed by atoms with Gasteiger partial charge in [0, 0.05) is 29.7 Å². The van der Waals surface area contributed by atoms with E-state index in [0.717, 1.165) is 27.9 Å². The van der Waals surface area contributed by atoms with Crippen molar-refractivity contribution in [2.75, 3.05) is 17.3 Å². The molecule has 1 aromatic heterocycles. The molecule has 2 amide bonds. The second-order valence-corrected chi connectivity index (χ2v) is 9.05. The van der Waals surface area contributed by atoms with E-state index in [1.54, 1.807) is 22.8 Å². The Morgan fingerprint density at radius 1 is 1.13 bits per heavy atom.